The third kappa shape index (κ3) is 3.26. The van der Waals surface area contributed by atoms with Crippen molar-refractivity contribution in [3.05, 3.63) is 31.8 Å². The zero-order valence-corrected chi connectivity index (χ0v) is 10.7. The molecule has 0 saturated heterocycles. The summed E-state index contributed by atoms with van der Waals surface area (Å²) in [5, 5.41) is 3.67. The van der Waals surface area contributed by atoms with Crippen LogP contribution in [0.4, 0.5) is 4.79 Å². The SMILES string of the molecule is NC(=O)NN=Cc1cccc(Br)c1I. The van der Waals surface area contributed by atoms with E-state index >= 15 is 0 Å². The summed E-state index contributed by atoms with van der Waals surface area (Å²) in [5.41, 5.74) is 7.89. The van der Waals surface area contributed by atoms with Crippen molar-refractivity contribution in [3.8, 4) is 0 Å². The minimum absolute atomic E-state index is 0.675. The van der Waals surface area contributed by atoms with Gasteiger partial charge >= 0.3 is 6.03 Å². The first-order chi connectivity index (χ1) is 6.61. The lowest BCUT2D eigenvalue weighted by atomic mass is 10.2. The van der Waals surface area contributed by atoms with Crippen LogP contribution in [0.3, 0.4) is 0 Å². The summed E-state index contributed by atoms with van der Waals surface area (Å²) in [6.07, 6.45) is 1.54. The summed E-state index contributed by atoms with van der Waals surface area (Å²) in [6.45, 7) is 0. The number of hydrogen-bond donors (Lipinski definition) is 2. The minimum atomic E-state index is -0.675. The summed E-state index contributed by atoms with van der Waals surface area (Å²) in [6, 6.07) is 5.03. The monoisotopic (exact) mass is 367 g/mol. The Kier molecular flexibility index (Phi) is 4.33. The van der Waals surface area contributed by atoms with Crippen LogP contribution in [-0.4, -0.2) is 12.2 Å². The molecule has 6 heteroatoms. The number of halogens is 2. The third-order valence-corrected chi connectivity index (χ3v) is 3.97. The Hall–Kier alpha value is -0.630. The van der Waals surface area contributed by atoms with E-state index < -0.39 is 6.03 Å². The third-order valence-electron chi connectivity index (χ3n) is 1.36. The zero-order valence-electron chi connectivity index (χ0n) is 7.00. The van der Waals surface area contributed by atoms with Crippen LogP contribution in [0.5, 0.6) is 0 Å². The van der Waals surface area contributed by atoms with Gasteiger partial charge in [0.2, 0.25) is 0 Å². The van der Waals surface area contributed by atoms with Crippen LogP contribution >= 0.6 is 38.5 Å². The standard InChI is InChI=1S/C8H7BrIN3O/c9-6-3-1-2-5(7(6)10)4-12-13-8(11)14/h1-4H,(H3,11,13,14). The van der Waals surface area contributed by atoms with E-state index in [0.717, 1.165) is 13.6 Å². The topological polar surface area (TPSA) is 67.5 Å². The van der Waals surface area contributed by atoms with Crippen LogP contribution in [0, 0.1) is 3.57 Å². The average molecular weight is 368 g/mol. The van der Waals surface area contributed by atoms with Crippen LogP contribution in [0.25, 0.3) is 0 Å². The lowest BCUT2D eigenvalue weighted by Gasteiger charge is -1.99. The number of benzene rings is 1. The highest BCUT2D eigenvalue weighted by Gasteiger charge is 1.99. The maximum Gasteiger partial charge on any atom is 0.332 e. The molecule has 0 aromatic heterocycles. The molecule has 4 nitrogen and oxygen atoms in total. The van der Waals surface area contributed by atoms with Gasteiger partial charge in [-0.25, -0.2) is 10.2 Å². The van der Waals surface area contributed by atoms with Crippen molar-refractivity contribution in [2.75, 3.05) is 0 Å². The highest BCUT2D eigenvalue weighted by molar-refractivity contribution is 14.1. The Morgan fingerprint density at radius 3 is 3.00 bits per heavy atom. The van der Waals surface area contributed by atoms with Gasteiger partial charge in [-0.3, -0.25) is 0 Å². The van der Waals surface area contributed by atoms with Crippen LogP contribution in [-0.2, 0) is 0 Å². The number of rotatable bonds is 2. The predicted octanol–water partition coefficient (Wildman–Crippen LogP) is 2.06. The number of hydrogen-bond acceptors (Lipinski definition) is 2. The van der Waals surface area contributed by atoms with Crippen LogP contribution in [0.1, 0.15) is 5.56 Å². The van der Waals surface area contributed by atoms with E-state index in [1.54, 1.807) is 0 Å². The normalized spacial score (nSPS) is 10.4. The van der Waals surface area contributed by atoms with Gasteiger partial charge in [0.1, 0.15) is 0 Å². The average Bonchev–Trinajstić information content (AvgIpc) is 2.12. The molecule has 1 rings (SSSR count). The summed E-state index contributed by atoms with van der Waals surface area (Å²) in [4.78, 5) is 10.3. The number of urea groups is 1. The second-order valence-corrected chi connectivity index (χ2v) is 4.31. The summed E-state index contributed by atoms with van der Waals surface area (Å²) >= 11 is 5.57. The van der Waals surface area contributed by atoms with E-state index in [-0.39, 0.29) is 0 Å². The molecule has 0 atom stereocenters. The Labute approximate surface area is 103 Å². The molecule has 0 fully saturated rings. The number of nitrogens with one attached hydrogen (secondary N) is 1. The summed E-state index contributed by atoms with van der Waals surface area (Å²) in [7, 11) is 0. The number of nitrogens with two attached hydrogens (primary N) is 1. The number of amides is 2. The predicted molar refractivity (Wildman–Crippen MR) is 67.2 cm³/mol. The van der Waals surface area contributed by atoms with Gasteiger partial charge in [0.15, 0.2) is 0 Å². The van der Waals surface area contributed by atoms with E-state index in [1.807, 2.05) is 18.2 Å². The van der Waals surface area contributed by atoms with Gasteiger partial charge in [-0.05, 0) is 44.6 Å². The quantitative estimate of drug-likeness (QED) is 0.469. The van der Waals surface area contributed by atoms with Crippen LogP contribution in [0.2, 0.25) is 0 Å². The number of hydrazone groups is 1. The van der Waals surface area contributed by atoms with Gasteiger partial charge in [-0.15, -0.1) is 0 Å². The smallest absolute Gasteiger partial charge is 0.332 e. The Morgan fingerprint density at radius 2 is 2.36 bits per heavy atom. The van der Waals surface area contributed by atoms with Gasteiger partial charge in [0.05, 0.1) is 6.21 Å². The lowest BCUT2D eigenvalue weighted by Crippen LogP contribution is -2.24. The molecule has 0 unspecified atom stereocenters. The highest BCUT2D eigenvalue weighted by atomic mass is 127. The molecule has 0 spiro atoms. The van der Waals surface area contributed by atoms with Crippen molar-refractivity contribution in [2.45, 2.75) is 0 Å². The fourth-order valence-corrected chi connectivity index (χ4v) is 1.67. The number of nitrogens with zero attached hydrogens (tertiary/aromatic N) is 1. The van der Waals surface area contributed by atoms with Crippen molar-refractivity contribution in [3.63, 3.8) is 0 Å². The minimum Gasteiger partial charge on any atom is -0.350 e. The fourth-order valence-electron chi connectivity index (χ4n) is 0.786. The van der Waals surface area contributed by atoms with Crippen molar-refractivity contribution < 1.29 is 4.79 Å². The molecule has 1 aromatic carbocycles. The van der Waals surface area contributed by atoms with E-state index in [1.165, 1.54) is 6.21 Å². The van der Waals surface area contributed by atoms with E-state index in [0.29, 0.717) is 0 Å². The Morgan fingerprint density at radius 1 is 1.64 bits per heavy atom. The first-order valence-corrected chi connectivity index (χ1v) is 5.51. The van der Waals surface area contributed by atoms with Crippen molar-refractivity contribution in [2.24, 2.45) is 10.8 Å². The van der Waals surface area contributed by atoms with Gasteiger partial charge in [0.25, 0.3) is 0 Å². The first kappa shape index (κ1) is 11.4. The van der Waals surface area contributed by atoms with E-state index in [4.69, 9.17) is 5.73 Å². The lowest BCUT2D eigenvalue weighted by molar-refractivity contribution is 0.249. The largest absolute Gasteiger partial charge is 0.350 e. The molecule has 0 saturated carbocycles. The maximum atomic E-state index is 10.3. The molecule has 2 amide bonds. The van der Waals surface area contributed by atoms with Gasteiger partial charge in [-0.2, -0.15) is 5.10 Å². The molecule has 0 radical (unpaired) electrons. The van der Waals surface area contributed by atoms with Crippen LogP contribution < -0.4 is 11.2 Å². The van der Waals surface area contributed by atoms with Gasteiger partial charge in [0, 0.05) is 13.6 Å². The van der Waals surface area contributed by atoms with Crippen LogP contribution in [0.15, 0.2) is 27.8 Å². The Bertz CT molecular complexity index is 381. The number of carbonyl (C=O) groups is 1. The molecular formula is C8H7BrIN3O. The first-order valence-electron chi connectivity index (χ1n) is 3.64. The molecule has 0 aliphatic rings. The molecule has 14 heavy (non-hydrogen) atoms. The second-order valence-electron chi connectivity index (χ2n) is 2.38. The summed E-state index contributed by atoms with van der Waals surface area (Å²) < 4.78 is 2.02. The molecule has 0 bridgehead atoms. The van der Waals surface area contributed by atoms with Crippen molar-refractivity contribution >= 4 is 50.8 Å². The molecule has 1 aromatic rings. The maximum absolute atomic E-state index is 10.3. The second kappa shape index (κ2) is 5.30. The van der Waals surface area contributed by atoms with Gasteiger partial charge < -0.3 is 5.73 Å². The Balaban J connectivity index is 2.81. The molecule has 74 valence electrons. The molecule has 0 aliphatic carbocycles. The molecule has 0 aliphatic heterocycles. The zero-order chi connectivity index (χ0) is 10.6. The molecule has 3 N–H and O–H groups in total. The van der Waals surface area contributed by atoms with Crippen molar-refractivity contribution in [1.82, 2.24) is 5.43 Å². The fraction of sp³-hybridized carbons (Fsp3) is 0. The summed E-state index contributed by atoms with van der Waals surface area (Å²) in [5.74, 6) is 0. The number of carbonyl (C=O) groups excluding carboxylic acids is 1. The number of primary amides is 1. The molecule has 0 heterocycles. The highest BCUT2D eigenvalue weighted by Crippen LogP contribution is 2.21. The van der Waals surface area contributed by atoms with Gasteiger partial charge in [-0.1, -0.05) is 12.1 Å². The van der Waals surface area contributed by atoms with Crippen molar-refractivity contribution in [1.29, 1.82) is 0 Å². The van der Waals surface area contributed by atoms with E-state index in [2.05, 4.69) is 49.0 Å². The molecular weight excluding hydrogens is 361 g/mol. The van der Waals surface area contributed by atoms with E-state index in [9.17, 15) is 4.79 Å².